The summed E-state index contributed by atoms with van der Waals surface area (Å²) in [6.07, 6.45) is 0. The molecular formula is C9H10BrF2NO. The number of nitrogens with two attached hydrogens (primary N) is 1. The normalized spacial score (nSPS) is 11.4. The summed E-state index contributed by atoms with van der Waals surface area (Å²) in [5.41, 5.74) is 5.89. The van der Waals surface area contributed by atoms with Gasteiger partial charge in [0.2, 0.25) is 0 Å². The van der Waals surface area contributed by atoms with Crippen molar-refractivity contribution in [3.05, 3.63) is 22.7 Å². The Bertz CT molecular complexity index is 305. The molecule has 78 valence electrons. The van der Waals surface area contributed by atoms with Crippen LogP contribution in [-0.4, -0.2) is 12.5 Å². The topological polar surface area (TPSA) is 35.2 Å². The summed E-state index contributed by atoms with van der Waals surface area (Å²) in [6, 6.07) is 4.98. The molecule has 0 radical (unpaired) electrons. The maximum atomic E-state index is 12.5. The van der Waals surface area contributed by atoms with Gasteiger partial charge in [0.1, 0.15) is 0 Å². The van der Waals surface area contributed by atoms with Crippen LogP contribution >= 0.6 is 15.9 Å². The third-order valence-corrected chi connectivity index (χ3v) is 2.09. The lowest BCUT2D eigenvalue weighted by Crippen LogP contribution is -2.21. The SMILES string of the molecule is CC(F)(F)COc1c(N)cccc1Br. The highest BCUT2D eigenvalue weighted by Gasteiger charge is 2.23. The molecule has 1 rings (SSSR count). The lowest BCUT2D eigenvalue weighted by Gasteiger charge is -2.14. The maximum Gasteiger partial charge on any atom is 0.278 e. The van der Waals surface area contributed by atoms with Gasteiger partial charge in [0.25, 0.3) is 5.92 Å². The first-order chi connectivity index (χ1) is 6.40. The number of halogens is 3. The Morgan fingerprint density at radius 1 is 1.50 bits per heavy atom. The monoisotopic (exact) mass is 265 g/mol. The van der Waals surface area contributed by atoms with Crippen LogP contribution in [0.15, 0.2) is 22.7 Å². The van der Waals surface area contributed by atoms with Crippen LogP contribution in [0.1, 0.15) is 6.92 Å². The van der Waals surface area contributed by atoms with E-state index in [9.17, 15) is 8.78 Å². The van der Waals surface area contributed by atoms with Crippen LogP contribution in [0.5, 0.6) is 5.75 Å². The molecule has 0 atom stereocenters. The van der Waals surface area contributed by atoms with Crippen LogP contribution < -0.4 is 10.5 Å². The van der Waals surface area contributed by atoms with Crippen molar-refractivity contribution < 1.29 is 13.5 Å². The van der Waals surface area contributed by atoms with E-state index in [1.165, 1.54) is 0 Å². The summed E-state index contributed by atoms with van der Waals surface area (Å²) in [4.78, 5) is 0. The molecule has 0 aliphatic rings. The Balaban J connectivity index is 2.77. The van der Waals surface area contributed by atoms with Gasteiger partial charge in [-0.2, -0.15) is 0 Å². The van der Waals surface area contributed by atoms with Crippen LogP contribution in [-0.2, 0) is 0 Å². The zero-order chi connectivity index (χ0) is 10.8. The molecule has 0 aromatic heterocycles. The van der Waals surface area contributed by atoms with Gasteiger partial charge >= 0.3 is 0 Å². The van der Waals surface area contributed by atoms with Crippen molar-refractivity contribution in [2.75, 3.05) is 12.3 Å². The summed E-state index contributed by atoms with van der Waals surface area (Å²) in [6.45, 7) is 0.111. The highest BCUT2D eigenvalue weighted by molar-refractivity contribution is 9.10. The van der Waals surface area contributed by atoms with Gasteiger partial charge in [-0.3, -0.25) is 0 Å². The Hall–Kier alpha value is -0.840. The Labute approximate surface area is 89.2 Å². The van der Waals surface area contributed by atoms with Gasteiger partial charge < -0.3 is 10.5 Å². The molecule has 0 spiro atoms. The standard InChI is InChI=1S/C9H10BrF2NO/c1-9(11,12)5-14-8-6(10)3-2-4-7(8)13/h2-4H,5,13H2,1H3. The van der Waals surface area contributed by atoms with Crippen LogP contribution in [0.3, 0.4) is 0 Å². The second kappa shape index (κ2) is 4.13. The van der Waals surface area contributed by atoms with Gasteiger partial charge in [0.15, 0.2) is 12.4 Å². The fourth-order valence-electron chi connectivity index (χ4n) is 0.877. The second-order valence-electron chi connectivity index (χ2n) is 3.02. The van der Waals surface area contributed by atoms with E-state index in [0.29, 0.717) is 10.2 Å². The fourth-order valence-corrected chi connectivity index (χ4v) is 1.37. The van der Waals surface area contributed by atoms with Crippen molar-refractivity contribution in [1.82, 2.24) is 0 Å². The second-order valence-corrected chi connectivity index (χ2v) is 3.87. The molecule has 0 unspecified atom stereocenters. The molecule has 0 aliphatic carbocycles. The number of hydrogen-bond donors (Lipinski definition) is 1. The number of rotatable bonds is 3. The smallest absolute Gasteiger partial charge is 0.278 e. The van der Waals surface area contributed by atoms with E-state index in [2.05, 4.69) is 15.9 Å². The molecule has 14 heavy (non-hydrogen) atoms. The largest absolute Gasteiger partial charge is 0.484 e. The van der Waals surface area contributed by atoms with Crippen molar-refractivity contribution in [2.24, 2.45) is 0 Å². The van der Waals surface area contributed by atoms with Crippen molar-refractivity contribution >= 4 is 21.6 Å². The van der Waals surface area contributed by atoms with Gasteiger partial charge in [-0.15, -0.1) is 0 Å². The highest BCUT2D eigenvalue weighted by atomic mass is 79.9. The zero-order valence-electron chi connectivity index (χ0n) is 7.56. The molecule has 0 heterocycles. The zero-order valence-corrected chi connectivity index (χ0v) is 9.14. The third-order valence-electron chi connectivity index (χ3n) is 1.47. The predicted molar refractivity (Wildman–Crippen MR) is 54.7 cm³/mol. The van der Waals surface area contributed by atoms with E-state index in [1.807, 2.05) is 0 Å². The third kappa shape index (κ3) is 3.14. The molecule has 0 saturated heterocycles. The molecule has 5 heteroatoms. The molecule has 0 saturated carbocycles. The fraction of sp³-hybridized carbons (Fsp3) is 0.333. The van der Waals surface area contributed by atoms with Crippen molar-refractivity contribution in [2.45, 2.75) is 12.8 Å². The number of ether oxygens (including phenoxy) is 1. The average molecular weight is 266 g/mol. The Kier molecular flexibility index (Phi) is 3.31. The minimum Gasteiger partial charge on any atom is -0.484 e. The molecule has 0 aliphatic heterocycles. The van der Waals surface area contributed by atoms with Crippen molar-refractivity contribution in [3.8, 4) is 5.75 Å². The summed E-state index contributed by atoms with van der Waals surface area (Å²) in [7, 11) is 0. The number of para-hydroxylation sites is 1. The van der Waals surface area contributed by atoms with E-state index in [1.54, 1.807) is 18.2 Å². The number of benzene rings is 1. The predicted octanol–water partition coefficient (Wildman–Crippen LogP) is 3.07. The molecule has 1 aromatic carbocycles. The first-order valence-corrected chi connectivity index (χ1v) is 4.74. The first-order valence-electron chi connectivity index (χ1n) is 3.95. The summed E-state index contributed by atoms with van der Waals surface area (Å²) in [5.74, 6) is -2.60. The quantitative estimate of drug-likeness (QED) is 0.853. The van der Waals surface area contributed by atoms with E-state index in [-0.39, 0.29) is 5.75 Å². The van der Waals surface area contributed by atoms with Crippen LogP contribution in [0.2, 0.25) is 0 Å². The molecular weight excluding hydrogens is 256 g/mol. The summed E-state index contributed by atoms with van der Waals surface area (Å²) >= 11 is 3.16. The van der Waals surface area contributed by atoms with E-state index >= 15 is 0 Å². The number of hydrogen-bond acceptors (Lipinski definition) is 2. The van der Waals surface area contributed by atoms with Crippen molar-refractivity contribution in [1.29, 1.82) is 0 Å². The summed E-state index contributed by atoms with van der Waals surface area (Å²) < 4.78 is 30.5. The number of nitrogen functional groups attached to an aromatic ring is 1. The minimum absolute atomic E-state index is 0.258. The number of alkyl halides is 2. The van der Waals surface area contributed by atoms with E-state index in [0.717, 1.165) is 6.92 Å². The van der Waals surface area contributed by atoms with Crippen LogP contribution in [0.4, 0.5) is 14.5 Å². The molecule has 0 fully saturated rings. The van der Waals surface area contributed by atoms with Gasteiger partial charge in [-0.25, -0.2) is 8.78 Å². The molecule has 1 aromatic rings. The lowest BCUT2D eigenvalue weighted by atomic mass is 10.3. The van der Waals surface area contributed by atoms with Gasteiger partial charge in [-0.05, 0) is 28.1 Å². The average Bonchev–Trinajstić information content (AvgIpc) is 2.01. The van der Waals surface area contributed by atoms with E-state index in [4.69, 9.17) is 10.5 Å². The lowest BCUT2D eigenvalue weighted by molar-refractivity contribution is -0.0229. The molecule has 2 nitrogen and oxygen atoms in total. The summed E-state index contributed by atoms with van der Waals surface area (Å²) in [5, 5.41) is 0. The van der Waals surface area contributed by atoms with Gasteiger partial charge in [0, 0.05) is 6.92 Å². The maximum absolute atomic E-state index is 12.5. The van der Waals surface area contributed by atoms with Crippen LogP contribution in [0, 0.1) is 0 Å². The van der Waals surface area contributed by atoms with Crippen LogP contribution in [0.25, 0.3) is 0 Å². The van der Waals surface area contributed by atoms with Gasteiger partial charge in [-0.1, -0.05) is 6.07 Å². The molecule has 0 bridgehead atoms. The van der Waals surface area contributed by atoms with E-state index < -0.39 is 12.5 Å². The molecule has 0 amide bonds. The Morgan fingerprint density at radius 2 is 2.14 bits per heavy atom. The Morgan fingerprint density at radius 3 is 2.64 bits per heavy atom. The minimum atomic E-state index is -2.86. The highest BCUT2D eigenvalue weighted by Crippen LogP contribution is 2.31. The van der Waals surface area contributed by atoms with Crippen molar-refractivity contribution in [3.63, 3.8) is 0 Å². The first kappa shape index (κ1) is 11.2. The number of anilines is 1. The van der Waals surface area contributed by atoms with Gasteiger partial charge in [0.05, 0.1) is 10.2 Å². The molecule has 2 N–H and O–H groups in total.